The summed E-state index contributed by atoms with van der Waals surface area (Å²) < 4.78 is 0. The van der Waals surface area contributed by atoms with E-state index in [2.05, 4.69) is 23.8 Å². The Bertz CT molecular complexity index is 314. The zero-order valence-electron chi connectivity index (χ0n) is 12.9. The lowest BCUT2D eigenvalue weighted by atomic mass is 10.1. The normalized spacial score (nSPS) is 9.90. The molecule has 0 saturated heterocycles. The third kappa shape index (κ3) is 10.4. The molecule has 0 aromatic carbocycles. The highest BCUT2D eigenvalue weighted by molar-refractivity contribution is 5.92. The van der Waals surface area contributed by atoms with Crippen LogP contribution in [-0.2, 0) is 9.59 Å². The number of amides is 2. The first-order valence-corrected chi connectivity index (χ1v) is 7.32. The Morgan fingerprint density at radius 3 is 1.30 bits per heavy atom. The van der Waals surface area contributed by atoms with E-state index >= 15 is 0 Å². The molecule has 0 aromatic rings. The lowest BCUT2D eigenvalue weighted by Crippen LogP contribution is -2.24. The van der Waals surface area contributed by atoms with Crippen LogP contribution in [0.15, 0.2) is 24.3 Å². The van der Waals surface area contributed by atoms with Crippen molar-refractivity contribution in [2.45, 2.75) is 52.4 Å². The molecule has 0 aliphatic heterocycles. The molecule has 0 rings (SSSR count). The smallest absolute Gasteiger partial charge is 0.246 e. The van der Waals surface area contributed by atoms with Gasteiger partial charge in [-0.2, -0.15) is 0 Å². The number of hydrogen-bond donors (Lipinski definition) is 2. The highest BCUT2D eigenvalue weighted by Crippen LogP contribution is 2.04. The van der Waals surface area contributed by atoms with Gasteiger partial charge in [-0.05, 0) is 26.7 Å². The summed E-state index contributed by atoms with van der Waals surface area (Å²) in [6, 6.07) is 0. The fourth-order valence-electron chi connectivity index (χ4n) is 1.66. The van der Waals surface area contributed by atoms with Gasteiger partial charge in [0.05, 0.1) is 0 Å². The van der Waals surface area contributed by atoms with Crippen molar-refractivity contribution >= 4 is 11.8 Å². The average molecular weight is 280 g/mol. The van der Waals surface area contributed by atoms with E-state index in [1.807, 2.05) is 0 Å². The van der Waals surface area contributed by atoms with Crippen molar-refractivity contribution in [3.8, 4) is 0 Å². The van der Waals surface area contributed by atoms with Gasteiger partial charge in [-0.15, -0.1) is 0 Å². The van der Waals surface area contributed by atoms with E-state index < -0.39 is 0 Å². The number of nitrogens with one attached hydrogen (secondary N) is 2. The molecule has 0 unspecified atom stereocenters. The Morgan fingerprint density at radius 2 is 1.00 bits per heavy atom. The Labute approximate surface area is 122 Å². The van der Waals surface area contributed by atoms with Gasteiger partial charge in [0.2, 0.25) is 11.8 Å². The molecule has 0 aliphatic rings. The molecule has 0 aromatic heterocycles. The van der Waals surface area contributed by atoms with Gasteiger partial charge in [-0.1, -0.05) is 38.8 Å². The second-order valence-electron chi connectivity index (χ2n) is 5.19. The average Bonchev–Trinajstić information content (AvgIpc) is 2.39. The van der Waals surface area contributed by atoms with Crippen LogP contribution in [-0.4, -0.2) is 24.9 Å². The minimum absolute atomic E-state index is 0.0572. The lowest BCUT2D eigenvalue weighted by Gasteiger charge is -2.05. The molecule has 0 radical (unpaired) electrons. The fourth-order valence-corrected chi connectivity index (χ4v) is 1.66. The van der Waals surface area contributed by atoms with Crippen molar-refractivity contribution in [2.75, 3.05) is 13.1 Å². The molecule has 0 fully saturated rings. The highest BCUT2D eigenvalue weighted by Gasteiger charge is 2.00. The molecule has 4 heteroatoms. The van der Waals surface area contributed by atoms with Crippen LogP contribution in [0.25, 0.3) is 0 Å². The van der Waals surface area contributed by atoms with Crippen LogP contribution in [0.2, 0.25) is 0 Å². The van der Waals surface area contributed by atoms with E-state index in [9.17, 15) is 9.59 Å². The van der Waals surface area contributed by atoms with Crippen molar-refractivity contribution < 1.29 is 9.59 Å². The standard InChI is InChI=1S/C16H28N2O2/c1-13(2)15(19)17-11-9-7-5-6-8-10-12-18-16(20)14(3)4/h1,3,5-12H2,2,4H3,(H,17,19)(H,18,20). The van der Waals surface area contributed by atoms with Gasteiger partial charge in [0.1, 0.15) is 0 Å². The van der Waals surface area contributed by atoms with E-state index in [0.29, 0.717) is 11.1 Å². The summed E-state index contributed by atoms with van der Waals surface area (Å²) in [7, 11) is 0. The number of unbranched alkanes of at least 4 members (excludes halogenated alkanes) is 5. The first-order valence-electron chi connectivity index (χ1n) is 7.32. The molecule has 114 valence electrons. The van der Waals surface area contributed by atoms with Gasteiger partial charge in [0.15, 0.2) is 0 Å². The molecule has 0 bridgehead atoms. The minimum atomic E-state index is -0.0572. The van der Waals surface area contributed by atoms with Crippen molar-refractivity contribution in [3.05, 3.63) is 24.3 Å². The Morgan fingerprint density at radius 1 is 0.700 bits per heavy atom. The molecule has 2 amide bonds. The van der Waals surface area contributed by atoms with Crippen LogP contribution in [0.3, 0.4) is 0 Å². The van der Waals surface area contributed by atoms with E-state index in [-0.39, 0.29) is 11.8 Å². The summed E-state index contributed by atoms with van der Waals surface area (Å²) in [6.07, 6.45) is 6.58. The maximum atomic E-state index is 11.2. The second kappa shape index (κ2) is 11.3. The Hall–Kier alpha value is -1.58. The van der Waals surface area contributed by atoms with Gasteiger partial charge >= 0.3 is 0 Å². The predicted molar refractivity (Wildman–Crippen MR) is 83.3 cm³/mol. The third-order valence-electron chi connectivity index (χ3n) is 2.95. The van der Waals surface area contributed by atoms with Crippen LogP contribution < -0.4 is 10.6 Å². The third-order valence-corrected chi connectivity index (χ3v) is 2.95. The van der Waals surface area contributed by atoms with Crippen LogP contribution in [0.5, 0.6) is 0 Å². The predicted octanol–water partition coefficient (Wildman–Crippen LogP) is 2.71. The summed E-state index contributed by atoms with van der Waals surface area (Å²) >= 11 is 0. The van der Waals surface area contributed by atoms with E-state index in [0.717, 1.165) is 51.6 Å². The number of carbonyl (C=O) groups excluding carboxylic acids is 2. The van der Waals surface area contributed by atoms with Crippen molar-refractivity contribution in [2.24, 2.45) is 0 Å². The molecular formula is C16H28N2O2. The summed E-state index contributed by atoms with van der Waals surface area (Å²) in [5.74, 6) is -0.114. The lowest BCUT2D eigenvalue weighted by molar-refractivity contribution is -0.118. The fraction of sp³-hybridized carbons (Fsp3) is 0.625. The molecule has 20 heavy (non-hydrogen) atoms. The Balaban J connectivity index is 3.25. The second-order valence-corrected chi connectivity index (χ2v) is 5.19. The number of hydrogen-bond acceptors (Lipinski definition) is 2. The van der Waals surface area contributed by atoms with Crippen molar-refractivity contribution in [1.82, 2.24) is 10.6 Å². The largest absolute Gasteiger partial charge is 0.352 e. The molecule has 0 saturated carbocycles. The molecule has 4 nitrogen and oxygen atoms in total. The Kier molecular flexibility index (Phi) is 10.4. The summed E-state index contributed by atoms with van der Waals surface area (Å²) in [6.45, 7) is 12.0. The zero-order valence-corrected chi connectivity index (χ0v) is 12.9. The SMILES string of the molecule is C=C(C)C(=O)NCCCCCCCCNC(=O)C(=C)C. The monoisotopic (exact) mass is 280 g/mol. The number of rotatable bonds is 11. The first kappa shape index (κ1) is 18.4. The van der Waals surface area contributed by atoms with Crippen LogP contribution >= 0.6 is 0 Å². The highest BCUT2D eigenvalue weighted by atomic mass is 16.2. The maximum Gasteiger partial charge on any atom is 0.246 e. The molecule has 0 atom stereocenters. The van der Waals surface area contributed by atoms with Gasteiger partial charge in [0, 0.05) is 24.2 Å². The topological polar surface area (TPSA) is 58.2 Å². The summed E-state index contributed by atoms with van der Waals surface area (Å²) in [5.41, 5.74) is 1.11. The van der Waals surface area contributed by atoms with Crippen LogP contribution in [0.1, 0.15) is 52.4 Å². The van der Waals surface area contributed by atoms with Gasteiger partial charge < -0.3 is 10.6 Å². The quantitative estimate of drug-likeness (QED) is 0.451. The van der Waals surface area contributed by atoms with E-state index in [1.54, 1.807) is 13.8 Å². The van der Waals surface area contributed by atoms with E-state index in [4.69, 9.17) is 0 Å². The van der Waals surface area contributed by atoms with E-state index in [1.165, 1.54) is 0 Å². The van der Waals surface area contributed by atoms with Crippen molar-refractivity contribution in [1.29, 1.82) is 0 Å². The van der Waals surface area contributed by atoms with Crippen molar-refractivity contribution in [3.63, 3.8) is 0 Å². The molecule has 0 spiro atoms. The molecule has 0 heterocycles. The first-order chi connectivity index (χ1) is 9.45. The van der Waals surface area contributed by atoms with Crippen LogP contribution in [0, 0.1) is 0 Å². The molecule has 2 N–H and O–H groups in total. The minimum Gasteiger partial charge on any atom is -0.352 e. The number of carbonyl (C=O) groups is 2. The molecule has 0 aliphatic carbocycles. The molecular weight excluding hydrogens is 252 g/mol. The van der Waals surface area contributed by atoms with Gasteiger partial charge in [-0.25, -0.2) is 0 Å². The van der Waals surface area contributed by atoms with Gasteiger partial charge in [-0.3, -0.25) is 9.59 Å². The van der Waals surface area contributed by atoms with Crippen LogP contribution in [0.4, 0.5) is 0 Å². The maximum absolute atomic E-state index is 11.2. The zero-order chi connectivity index (χ0) is 15.4. The summed E-state index contributed by atoms with van der Waals surface area (Å²) in [5, 5.41) is 5.64. The van der Waals surface area contributed by atoms with Gasteiger partial charge in [0.25, 0.3) is 0 Å². The summed E-state index contributed by atoms with van der Waals surface area (Å²) in [4.78, 5) is 22.4.